The first-order chi connectivity index (χ1) is 12.5. The fourth-order valence-corrected chi connectivity index (χ4v) is 3.61. The number of carbonyl (C=O) groups excluding carboxylic acids is 1. The Kier molecular flexibility index (Phi) is 5.61. The van der Waals surface area contributed by atoms with Crippen LogP contribution in [-0.2, 0) is 11.8 Å². The normalized spacial score (nSPS) is 16.7. The molecule has 1 aliphatic rings. The molecule has 140 valence electrons. The summed E-state index contributed by atoms with van der Waals surface area (Å²) in [7, 11) is 5.74. The number of benzene rings is 1. The zero-order chi connectivity index (χ0) is 18.7. The Balaban J connectivity index is 1.74. The van der Waals surface area contributed by atoms with Crippen molar-refractivity contribution < 1.29 is 4.79 Å². The molecule has 1 fully saturated rings. The number of aryl methyl sites for hydroxylation is 1. The maximum atomic E-state index is 13.0. The van der Waals surface area contributed by atoms with Crippen molar-refractivity contribution in [1.82, 2.24) is 19.8 Å². The van der Waals surface area contributed by atoms with Crippen LogP contribution in [0, 0.1) is 0 Å². The predicted octanol–water partition coefficient (Wildman–Crippen LogP) is 2.50. The number of nitrogens with one attached hydrogen (secondary N) is 1. The van der Waals surface area contributed by atoms with Gasteiger partial charge in [0.1, 0.15) is 6.04 Å². The lowest BCUT2D eigenvalue weighted by Gasteiger charge is -2.26. The molecule has 0 spiro atoms. The predicted molar refractivity (Wildman–Crippen MR) is 104 cm³/mol. The van der Waals surface area contributed by atoms with Gasteiger partial charge in [-0.3, -0.25) is 9.69 Å². The molecular weight excluding hydrogens is 326 g/mol. The molecule has 1 aliphatic heterocycles. The molecule has 2 aromatic rings. The van der Waals surface area contributed by atoms with Crippen LogP contribution in [0.15, 0.2) is 36.8 Å². The molecule has 1 aromatic heterocycles. The molecule has 1 amide bonds. The van der Waals surface area contributed by atoms with E-state index in [0.29, 0.717) is 0 Å². The van der Waals surface area contributed by atoms with E-state index in [2.05, 4.69) is 39.5 Å². The van der Waals surface area contributed by atoms with Crippen molar-refractivity contribution in [1.29, 1.82) is 0 Å². The Morgan fingerprint density at radius 3 is 2.62 bits per heavy atom. The van der Waals surface area contributed by atoms with Gasteiger partial charge in [-0.05, 0) is 51.6 Å². The summed E-state index contributed by atoms with van der Waals surface area (Å²) < 4.78 is 1.89. The van der Waals surface area contributed by atoms with E-state index in [9.17, 15) is 4.79 Å². The molecule has 2 atom stereocenters. The molecule has 1 N–H and O–H groups in total. The Hall–Kier alpha value is -2.34. The van der Waals surface area contributed by atoms with Crippen LogP contribution < -0.4 is 10.2 Å². The van der Waals surface area contributed by atoms with Crippen LogP contribution in [0.1, 0.15) is 43.1 Å². The van der Waals surface area contributed by atoms with Gasteiger partial charge in [-0.25, -0.2) is 4.98 Å². The zero-order valence-corrected chi connectivity index (χ0v) is 16.1. The molecule has 1 saturated heterocycles. The van der Waals surface area contributed by atoms with Gasteiger partial charge in [0.2, 0.25) is 5.91 Å². The van der Waals surface area contributed by atoms with Gasteiger partial charge in [0.25, 0.3) is 0 Å². The third-order valence-corrected chi connectivity index (χ3v) is 5.10. The summed E-state index contributed by atoms with van der Waals surface area (Å²) in [6, 6.07) is 8.09. The second-order valence-electron chi connectivity index (χ2n) is 7.31. The largest absolute Gasteiger partial charge is 0.372 e. The molecule has 2 heterocycles. The molecule has 0 saturated carbocycles. The number of hydrogen-bond acceptors (Lipinski definition) is 4. The molecule has 2 unspecified atom stereocenters. The van der Waals surface area contributed by atoms with Crippen molar-refractivity contribution >= 4 is 11.6 Å². The van der Waals surface area contributed by atoms with E-state index < -0.39 is 0 Å². The Bertz CT molecular complexity index is 748. The Morgan fingerprint density at radius 1 is 1.27 bits per heavy atom. The van der Waals surface area contributed by atoms with Crippen LogP contribution in [0.25, 0.3) is 0 Å². The highest BCUT2D eigenvalue weighted by Gasteiger charge is 2.27. The van der Waals surface area contributed by atoms with Gasteiger partial charge in [-0.1, -0.05) is 12.1 Å². The van der Waals surface area contributed by atoms with Crippen LogP contribution in [0.5, 0.6) is 0 Å². The summed E-state index contributed by atoms with van der Waals surface area (Å²) in [6.45, 7) is 4.28. The average Bonchev–Trinajstić information content (AvgIpc) is 3.27. The summed E-state index contributed by atoms with van der Waals surface area (Å²) in [5.74, 6) is -0.0160. The van der Waals surface area contributed by atoms with E-state index in [4.69, 9.17) is 0 Å². The van der Waals surface area contributed by atoms with E-state index in [1.807, 2.05) is 37.5 Å². The van der Waals surface area contributed by atoms with E-state index in [1.54, 1.807) is 12.5 Å². The number of amides is 1. The smallest absolute Gasteiger partial charge is 0.244 e. The summed E-state index contributed by atoms with van der Waals surface area (Å²) in [5.41, 5.74) is 3.26. The number of rotatable bonds is 6. The SMILES string of the molecule is CC(NC(=O)C(c1cncn1C)N(C)C)c1cccc(N2CCCC2)c1. The second-order valence-corrected chi connectivity index (χ2v) is 7.31. The minimum Gasteiger partial charge on any atom is -0.372 e. The highest BCUT2D eigenvalue weighted by molar-refractivity contribution is 5.83. The molecule has 6 nitrogen and oxygen atoms in total. The lowest BCUT2D eigenvalue weighted by Crippen LogP contribution is -2.39. The third-order valence-electron chi connectivity index (χ3n) is 5.10. The first-order valence-electron chi connectivity index (χ1n) is 9.25. The number of carbonyl (C=O) groups is 1. The highest BCUT2D eigenvalue weighted by atomic mass is 16.2. The molecule has 26 heavy (non-hydrogen) atoms. The fourth-order valence-electron chi connectivity index (χ4n) is 3.61. The molecule has 6 heteroatoms. The summed E-state index contributed by atoms with van der Waals surface area (Å²) in [5, 5.41) is 3.17. The molecule has 0 bridgehead atoms. The quantitative estimate of drug-likeness (QED) is 0.865. The third kappa shape index (κ3) is 3.90. The topological polar surface area (TPSA) is 53.4 Å². The van der Waals surface area contributed by atoms with E-state index in [0.717, 1.165) is 24.3 Å². The van der Waals surface area contributed by atoms with Gasteiger partial charge in [-0.15, -0.1) is 0 Å². The van der Waals surface area contributed by atoms with Crippen LogP contribution in [0.3, 0.4) is 0 Å². The first-order valence-corrected chi connectivity index (χ1v) is 9.25. The number of aromatic nitrogens is 2. The van der Waals surface area contributed by atoms with Crippen molar-refractivity contribution in [3.63, 3.8) is 0 Å². The second kappa shape index (κ2) is 7.91. The van der Waals surface area contributed by atoms with Gasteiger partial charge >= 0.3 is 0 Å². The summed E-state index contributed by atoms with van der Waals surface area (Å²) in [4.78, 5) is 21.4. The Morgan fingerprint density at radius 2 is 2.00 bits per heavy atom. The number of nitrogens with zero attached hydrogens (tertiary/aromatic N) is 4. The number of imidazole rings is 1. The molecule has 3 rings (SSSR count). The van der Waals surface area contributed by atoms with Crippen molar-refractivity contribution in [3.05, 3.63) is 48.0 Å². The maximum Gasteiger partial charge on any atom is 0.244 e. The van der Waals surface area contributed by atoms with Gasteiger partial charge < -0.3 is 14.8 Å². The zero-order valence-electron chi connectivity index (χ0n) is 16.1. The van der Waals surface area contributed by atoms with Crippen molar-refractivity contribution in [2.24, 2.45) is 7.05 Å². The Labute approximate surface area is 155 Å². The van der Waals surface area contributed by atoms with E-state index in [-0.39, 0.29) is 18.0 Å². The van der Waals surface area contributed by atoms with E-state index >= 15 is 0 Å². The van der Waals surface area contributed by atoms with Crippen LogP contribution in [0.2, 0.25) is 0 Å². The van der Waals surface area contributed by atoms with Crippen molar-refractivity contribution in [3.8, 4) is 0 Å². The van der Waals surface area contributed by atoms with Crippen LogP contribution in [0.4, 0.5) is 5.69 Å². The summed E-state index contributed by atoms with van der Waals surface area (Å²) in [6.07, 6.45) is 5.99. The average molecular weight is 355 g/mol. The van der Waals surface area contributed by atoms with Crippen LogP contribution in [-0.4, -0.2) is 47.5 Å². The molecule has 0 radical (unpaired) electrons. The van der Waals surface area contributed by atoms with E-state index in [1.165, 1.54) is 18.5 Å². The fraction of sp³-hybridized carbons (Fsp3) is 0.500. The number of likely N-dealkylation sites (N-methyl/N-ethyl adjacent to an activating group) is 1. The maximum absolute atomic E-state index is 13.0. The van der Waals surface area contributed by atoms with Crippen molar-refractivity contribution in [2.75, 3.05) is 32.1 Å². The molecule has 0 aliphatic carbocycles. The van der Waals surface area contributed by atoms with Gasteiger partial charge in [0.15, 0.2) is 0 Å². The van der Waals surface area contributed by atoms with Gasteiger partial charge in [0, 0.05) is 25.8 Å². The van der Waals surface area contributed by atoms with Gasteiger partial charge in [-0.2, -0.15) is 0 Å². The standard InChI is InChI=1S/C20H29N5O/c1-15(16-8-7-9-17(12-16)25-10-5-6-11-25)22-20(26)19(23(2)3)18-13-21-14-24(18)4/h7-9,12-15,19H,5-6,10-11H2,1-4H3,(H,22,26). The van der Waals surface area contributed by atoms with Crippen LogP contribution >= 0.6 is 0 Å². The number of anilines is 1. The highest BCUT2D eigenvalue weighted by Crippen LogP contribution is 2.25. The minimum atomic E-state index is -0.369. The minimum absolute atomic E-state index is 0.0160. The van der Waals surface area contributed by atoms with Gasteiger partial charge in [0.05, 0.1) is 24.3 Å². The summed E-state index contributed by atoms with van der Waals surface area (Å²) >= 11 is 0. The molecule has 1 aromatic carbocycles. The lowest BCUT2D eigenvalue weighted by atomic mass is 10.1. The number of hydrogen-bond donors (Lipinski definition) is 1. The van der Waals surface area contributed by atoms with Crippen molar-refractivity contribution in [2.45, 2.75) is 31.8 Å². The first kappa shape index (κ1) is 18.5. The lowest BCUT2D eigenvalue weighted by molar-refractivity contribution is -0.126. The monoisotopic (exact) mass is 355 g/mol. The molecular formula is C20H29N5O.